The topological polar surface area (TPSA) is 12.5 Å². The maximum Gasteiger partial charge on any atom is 0.0674 e. The quantitative estimate of drug-likeness (QED) is 0.568. The van der Waals surface area contributed by atoms with Gasteiger partial charge in [0.2, 0.25) is 0 Å². The molecule has 1 rings (SSSR count). The summed E-state index contributed by atoms with van der Waals surface area (Å²) in [5, 5.41) is 0. The molecule has 0 aromatic heterocycles. The molecule has 1 heterocycles. The third-order valence-electron chi connectivity index (χ3n) is 2.66. The van der Waals surface area contributed by atoms with E-state index in [2.05, 4.69) is 43.5 Å². The number of morpholine rings is 1. The molecule has 2 nitrogen and oxygen atoms in total. The number of hydrogen-bond acceptors (Lipinski definition) is 3. The summed E-state index contributed by atoms with van der Waals surface area (Å²) in [4.78, 5) is 2.49. The Balaban J connectivity index is 2.40. The van der Waals surface area contributed by atoms with Crippen molar-refractivity contribution in [1.29, 1.82) is 0 Å². The lowest BCUT2D eigenvalue weighted by Crippen LogP contribution is -2.48. The molecule has 14 heavy (non-hydrogen) atoms. The summed E-state index contributed by atoms with van der Waals surface area (Å²) in [5.41, 5.74) is 0. The highest BCUT2D eigenvalue weighted by Crippen LogP contribution is 2.13. The van der Waals surface area contributed by atoms with Gasteiger partial charge in [0.05, 0.1) is 12.7 Å². The van der Waals surface area contributed by atoms with Crippen molar-refractivity contribution in [3.8, 4) is 0 Å². The zero-order valence-corrected chi connectivity index (χ0v) is 10.0. The maximum atomic E-state index is 5.64. The van der Waals surface area contributed by atoms with Gasteiger partial charge in [0, 0.05) is 24.9 Å². The Kier molecular flexibility index (Phi) is 5.60. The van der Waals surface area contributed by atoms with E-state index in [1.807, 2.05) is 0 Å². The van der Waals surface area contributed by atoms with Crippen molar-refractivity contribution in [2.45, 2.75) is 32.4 Å². The van der Waals surface area contributed by atoms with Crippen LogP contribution >= 0.6 is 12.6 Å². The Morgan fingerprint density at radius 2 is 2.29 bits per heavy atom. The molecule has 1 aliphatic heterocycles. The fourth-order valence-corrected chi connectivity index (χ4v) is 1.95. The van der Waals surface area contributed by atoms with E-state index in [-0.39, 0.29) is 0 Å². The molecule has 1 saturated heterocycles. The smallest absolute Gasteiger partial charge is 0.0674 e. The first-order chi connectivity index (χ1) is 6.77. The Morgan fingerprint density at radius 3 is 2.93 bits per heavy atom. The first-order valence-electron chi connectivity index (χ1n) is 5.39. The van der Waals surface area contributed by atoms with Crippen LogP contribution in [0.1, 0.15) is 20.3 Å². The van der Waals surface area contributed by atoms with Crippen LogP contribution in [0.5, 0.6) is 0 Å². The average Bonchev–Trinajstić information content (AvgIpc) is 2.19. The monoisotopic (exact) mass is 215 g/mol. The first kappa shape index (κ1) is 12.1. The van der Waals surface area contributed by atoms with Gasteiger partial charge < -0.3 is 4.74 Å². The molecule has 1 fully saturated rings. The van der Waals surface area contributed by atoms with Crippen molar-refractivity contribution in [3.63, 3.8) is 0 Å². The maximum absolute atomic E-state index is 5.64. The predicted octanol–water partition coefficient (Wildman–Crippen LogP) is 1.97. The van der Waals surface area contributed by atoms with Gasteiger partial charge in [-0.2, -0.15) is 12.6 Å². The van der Waals surface area contributed by atoms with E-state index >= 15 is 0 Å². The van der Waals surface area contributed by atoms with Gasteiger partial charge in [-0.15, -0.1) is 0 Å². The van der Waals surface area contributed by atoms with Crippen LogP contribution in [0.3, 0.4) is 0 Å². The largest absolute Gasteiger partial charge is 0.376 e. The first-order valence-corrected chi connectivity index (χ1v) is 6.02. The number of rotatable bonds is 4. The molecule has 0 N–H and O–H groups in total. The lowest BCUT2D eigenvalue weighted by molar-refractivity contribution is -0.0512. The Hall–Kier alpha value is 0.01000. The van der Waals surface area contributed by atoms with Gasteiger partial charge in [-0.25, -0.2) is 0 Å². The summed E-state index contributed by atoms with van der Waals surface area (Å²) >= 11 is 4.15. The molecule has 0 amide bonds. The van der Waals surface area contributed by atoms with Gasteiger partial charge in [0.25, 0.3) is 0 Å². The Morgan fingerprint density at radius 1 is 1.50 bits per heavy atom. The number of ether oxygens (including phenoxy) is 1. The summed E-state index contributed by atoms with van der Waals surface area (Å²) < 4.78 is 5.64. The summed E-state index contributed by atoms with van der Waals surface area (Å²) in [7, 11) is 0. The van der Waals surface area contributed by atoms with Gasteiger partial charge >= 0.3 is 0 Å². The Bertz CT molecular complexity index is 184. The van der Waals surface area contributed by atoms with E-state index in [1.165, 1.54) is 6.42 Å². The van der Waals surface area contributed by atoms with E-state index in [0.717, 1.165) is 25.4 Å². The van der Waals surface area contributed by atoms with Crippen LogP contribution in [-0.2, 0) is 4.74 Å². The van der Waals surface area contributed by atoms with Crippen molar-refractivity contribution in [2.24, 2.45) is 0 Å². The fraction of sp³-hybridized carbons (Fsp3) is 0.818. The molecular formula is C11H21NOS. The summed E-state index contributed by atoms with van der Waals surface area (Å²) in [6, 6.07) is 0.593. The van der Waals surface area contributed by atoms with Gasteiger partial charge in [0.15, 0.2) is 0 Å². The molecule has 0 spiro atoms. The van der Waals surface area contributed by atoms with E-state index in [9.17, 15) is 0 Å². The predicted molar refractivity (Wildman–Crippen MR) is 64.1 cm³/mol. The second-order valence-corrected chi connectivity index (χ2v) is 4.18. The third-order valence-corrected chi connectivity index (χ3v) is 2.88. The number of thiol groups is 1. The fourth-order valence-electron chi connectivity index (χ4n) is 1.80. The number of nitrogens with zero attached hydrogens (tertiary/aromatic N) is 1. The van der Waals surface area contributed by atoms with Crippen LogP contribution in [0.2, 0.25) is 0 Å². The minimum absolute atomic E-state index is 0.377. The second kappa shape index (κ2) is 6.49. The van der Waals surface area contributed by atoms with Crippen LogP contribution in [0.15, 0.2) is 12.2 Å². The molecule has 3 heteroatoms. The molecule has 0 radical (unpaired) electrons. The third kappa shape index (κ3) is 3.64. The highest BCUT2D eigenvalue weighted by atomic mass is 32.1. The van der Waals surface area contributed by atoms with Crippen molar-refractivity contribution in [3.05, 3.63) is 12.2 Å². The van der Waals surface area contributed by atoms with Crippen molar-refractivity contribution in [2.75, 3.05) is 25.4 Å². The highest BCUT2D eigenvalue weighted by Gasteiger charge is 2.23. The minimum atomic E-state index is 0.377. The van der Waals surface area contributed by atoms with Crippen molar-refractivity contribution < 1.29 is 4.74 Å². The van der Waals surface area contributed by atoms with Gasteiger partial charge in [-0.1, -0.05) is 19.1 Å². The molecule has 2 atom stereocenters. The van der Waals surface area contributed by atoms with Gasteiger partial charge in [0.1, 0.15) is 0 Å². The zero-order chi connectivity index (χ0) is 10.4. The zero-order valence-electron chi connectivity index (χ0n) is 9.15. The second-order valence-electron chi connectivity index (χ2n) is 3.81. The van der Waals surface area contributed by atoms with Crippen LogP contribution in [0.25, 0.3) is 0 Å². The molecule has 2 unspecified atom stereocenters. The van der Waals surface area contributed by atoms with E-state index in [4.69, 9.17) is 4.74 Å². The van der Waals surface area contributed by atoms with E-state index < -0.39 is 0 Å². The number of hydrogen-bond donors (Lipinski definition) is 1. The SMILES string of the molecule is CCC1COC(C)CN1CC=CCS. The molecular weight excluding hydrogens is 194 g/mol. The summed E-state index contributed by atoms with van der Waals surface area (Å²) in [6.45, 7) is 7.33. The molecule has 82 valence electrons. The van der Waals surface area contributed by atoms with Crippen molar-refractivity contribution >= 4 is 12.6 Å². The molecule has 1 aliphatic rings. The van der Waals surface area contributed by atoms with E-state index in [1.54, 1.807) is 0 Å². The minimum Gasteiger partial charge on any atom is -0.376 e. The normalized spacial score (nSPS) is 29.9. The van der Waals surface area contributed by atoms with Gasteiger partial charge in [-0.3, -0.25) is 4.90 Å². The summed E-state index contributed by atoms with van der Waals surface area (Å²) in [5.74, 6) is 0.830. The molecule has 0 bridgehead atoms. The molecule has 0 aromatic carbocycles. The average molecular weight is 215 g/mol. The van der Waals surface area contributed by atoms with Crippen LogP contribution in [0, 0.1) is 0 Å². The molecule has 0 aromatic rings. The highest BCUT2D eigenvalue weighted by molar-refractivity contribution is 7.80. The standard InChI is InChI=1S/C11H21NOS/c1-3-11-9-13-10(2)8-12(11)6-4-5-7-14/h4-5,10-11,14H,3,6-9H2,1-2H3. The van der Waals surface area contributed by atoms with Crippen LogP contribution < -0.4 is 0 Å². The lowest BCUT2D eigenvalue weighted by Gasteiger charge is -2.37. The van der Waals surface area contributed by atoms with Crippen molar-refractivity contribution in [1.82, 2.24) is 4.90 Å². The lowest BCUT2D eigenvalue weighted by atomic mass is 10.1. The van der Waals surface area contributed by atoms with Crippen LogP contribution in [-0.4, -0.2) is 42.5 Å². The summed E-state index contributed by atoms with van der Waals surface area (Å²) in [6.07, 6.45) is 5.85. The molecule has 0 aliphatic carbocycles. The van der Waals surface area contributed by atoms with Gasteiger partial charge in [-0.05, 0) is 13.3 Å². The molecule has 0 saturated carbocycles. The Labute approximate surface area is 92.7 Å². The van der Waals surface area contributed by atoms with E-state index in [0.29, 0.717) is 12.1 Å². The van der Waals surface area contributed by atoms with Crippen LogP contribution in [0.4, 0.5) is 0 Å².